The average Bonchev–Trinajstić information content (AvgIpc) is 2.30. The summed E-state index contributed by atoms with van der Waals surface area (Å²) in [6, 6.07) is 8.65. The van der Waals surface area contributed by atoms with Gasteiger partial charge in [-0.15, -0.1) is 0 Å². The molecule has 0 aromatic heterocycles. The molecule has 1 saturated heterocycles. The standard InChI is InChI=1S/C12H15NOS/c1-8-11(13(2)12(8)15)9-4-6-10(14-3)7-5-9/h4-8,11H,1-3H3/t8-,11-/m1/s1. The van der Waals surface area contributed by atoms with Gasteiger partial charge in [0.05, 0.1) is 18.1 Å². The van der Waals surface area contributed by atoms with Gasteiger partial charge in [-0.1, -0.05) is 31.3 Å². The highest BCUT2D eigenvalue weighted by Gasteiger charge is 2.38. The first-order valence-corrected chi connectivity index (χ1v) is 5.46. The highest BCUT2D eigenvalue weighted by atomic mass is 32.1. The van der Waals surface area contributed by atoms with Crippen molar-refractivity contribution < 1.29 is 4.74 Å². The van der Waals surface area contributed by atoms with Crippen LogP contribution in [0.25, 0.3) is 0 Å². The quantitative estimate of drug-likeness (QED) is 0.712. The summed E-state index contributed by atoms with van der Waals surface area (Å²) in [5, 5.41) is 0. The Kier molecular flexibility index (Phi) is 2.65. The van der Waals surface area contributed by atoms with Gasteiger partial charge in [0.2, 0.25) is 0 Å². The minimum Gasteiger partial charge on any atom is -0.497 e. The maximum Gasteiger partial charge on any atom is 0.118 e. The molecule has 0 bridgehead atoms. The smallest absolute Gasteiger partial charge is 0.118 e. The van der Waals surface area contributed by atoms with Crippen LogP contribution in [0.1, 0.15) is 18.5 Å². The van der Waals surface area contributed by atoms with E-state index in [0.717, 1.165) is 10.7 Å². The summed E-state index contributed by atoms with van der Waals surface area (Å²) < 4.78 is 5.14. The minimum atomic E-state index is 0.434. The first-order chi connectivity index (χ1) is 7.15. The highest BCUT2D eigenvalue weighted by molar-refractivity contribution is 7.80. The van der Waals surface area contributed by atoms with Gasteiger partial charge in [-0.2, -0.15) is 0 Å². The molecule has 0 spiro atoms. The van der Waals surface area contributed by atoms with Gasteiger partial charge < -0.3 is 9.64 Å². The van der Waals surface area contributed by atoms with Crippen LogP contribution in [0.2, 0.25) is 0 Å². The molecule has 0 N–H and O–H groups in total. The van der Waals surface area contributed by atoms with Crippen LogP contribution >= 0.6 is 12.2 Å². The molecule has 0 radical (unpaired) electrons. The molecular formula is C12H15NOS. The lowest BCUT2D eigenvalue weighted by Crippen LogP contribution is -2.49. The van der Waals surface area contributed by atoms with E-state index in [1.54, 1.807) is 7.11 Å². The second kappa shape index (κ2) is 3.81. The van der Waals surface area contributed by atoms with Gasteiger partial charge in [0.15, 0.2) is 0 Å². The van der Waals surface area contributed by atoms with Crippen molar-refractivity contribution in [3.63, 3.8) is 0 Å². The number of ether oxygens (including phenoxy) is 1. The van der Waals surface area contributed by atoms with Crippen molar-refractivity contribution in [3.8, 4) is 5.75 Å². The van der Waals surface area contributed by atoms with Crippen LogP contribution in [0, 0.1) is 5.92 Å². The van der Waals surface area contributed by atoms with Crippen LogP contribution in [0.3, 0.4) is 0 Å². The van der Waals surface area contributed by atoms with Gasteiger partial charge in [0.1, 0.15) is 5.75 Å². The second-order valence-corrected chi connectivity index (χ2v) is 4.37. The maximum absolute atomic E-state index is 5.26. The van der Waals surface area contributed by atoms with E-state index in [4.69, 9.17) is 17.0 Å². The summed E-state index contributed by atoms with van der Waals surface area (Å²) in [6.45, 7) is 2.18. The van der Waals surface area contributed by atoms with Crippen LogP contribution in [-0.4, -0.2) is 24.0 Å². The van der Waals surface area contributed by atoms with E-state index in [2.05, 4.69) is 31.0 Å². The van der Waals surface area contributed by atoms with E-state index in [1.807, 2.05) is 12.1 Å². The predicted octanol–water partition coefficient (Wildman–Crippen LogP) is 2.65. The van der Waals surface area contributed by atoms with Crippen LogP contribution in [0.15, 0.2) is 24.3 Å². The molecule has 1 aromatic rings. The van der Waals surface area contributed by atoms with E-state index < -0.39 is 0 Å². The molecule has 0 unspecified atom stereocenters. The van der Waals surface area contributed by atoms with Crippen LogP contribution < -0.4 is 4.74 Å². The maximum atomic E-state index is 5.26. The highest BCUT2D eigenvalue weighted by Crippen LogP contribution is 2.39. The van der Waals surface area contributed by atoms with Crippen LogP contribution in [0.5, 0.6) is 5.75 Å². The third-order valence-corrected chi connectivity index (χ3v) is 3.75. The number of likely N-dealkylation sites (tertiary alicyclic amines) is 1. The molecule has 3 heteroatoms. The minimum absolute atomic E-state index is 0.434. The Labute approximate surface area is 95.8 Å². The van der Waals surface area contributed by atoms with Gasteiger partial charge in [0, 0.05) is 13.0 Å². The number of nitrogens with zero attached hydrogens (tertiary/aromatic N) is 1. The Morgan fingerprint density at radius 3 is 2.33 bits per heavy atom. The van der Waals surface area contributed by atoms with Crippen LogP contribution in [0.4, 0.5) is 0 Å². The average molecular weight is 221 g/mol. The lowest BCUT2D eigenvalue weighted by atomic mass is 9.85. The number of thiocarbonyl (C=S) groups is 1. The van der Waals surface area contributed by atoms with E-state index in [1.165, 1.54) is 5.56 Å². The van der Waals surface area contributed by atoms with Gasteiger partial charge in [-0.25, -0.2) is 0 Å². The Balaban J connectivity index is 2.20. The van der Waals surface area contributed by atoms with E-state index in [0.29, 0.717) is 12.0 Å². The molecule has 80 valence electrons. The number of methoxy groups -OCH3 is 1. The first-order valence-electron chi connectivity index (χ1n) is 5.05. The third-order valence-electron chi connectivity index (χ3n) is 3.09. The Morgan fingerprint density at radius 1 is 1.27 bits per heavy atom. The van der Waals surface area contributed by atoms with Crippen molar-refractivity contribution in [3.05, 3.63) is 29.8 Å². The van der Waals surface area contributed by atoms with Crippen molar-refractivity contribution in [1.82, 2.24) is 4.90 Å². The molecule has 2 atom stereocenters. The van der Waals surface area contributed by atoms with Crippen molar-refractivity contribution in [2.75, 3.05) is 14.2 Å². The Morgan fingerprint density at radius 2 is 1.87 bits per heavy atom. The topological polar surface area (TPSA) is 12.5 Å². The van der Waals surface area contributed by atoms with Gasteiger partial charge in [-0.05, 0) is 17.7 Å². The zero-order valence-corrected chi connectivity index (χ0v) is 10.0. The molecule has 0 aliphatic carbocycles. The zero-order valence-electron chi connectivity index (χ0n) is 9.23. The largest absolute Gasteiger partial charge is 0.497 e. The van der Waals surface area contributed by atoms with E-state index in [-0.39, 0.29) is 0 Å². The summed E-state index contributed by atoms with van der Waals surface area (Å²) in [6.07, 6.45) is 0. The van der Waals surface area contributed by atoms with Crippen molar-refractivity contribution in [2.24, 2.45) is 5.92 Å². The lowest BCUT2D eigenvalue weighted by molar-refractivity contribution is 0.237. The predicted molar refractivity (Wildman–Crippen MR) is 65.3 cm³/mol. The monoisotopic (exact) mass is 221 g/mol. The fourth-order valence-electron chi connectivity index (χ4n) is 2.16. The summed E-state index contributed by atoms with van der Waals surface area (Å²) in [5.41, 5.74) is 1.31. The van der Waals surface area contributed by atoms with Gasteiger partial charge >= 0.3 is 0 Å². The van der Waals surface area contributed by atoms with E-state index >= 15 is 0 Å². The molecule has 15 heavy (non-hydrogen) atoms. The third kappa shape index (κ3) is 1.61. The first kappa shape index (κ1) is 10.4. The number of benzene rings is 1. The number of hydrogen-bond acceptors (Lipinski definition) is 2. The molecule has 1 heterocycles. The Bertz CT molecular complexity index is 362. The summed E-state index contributed by atoms with van der Waals surface area (Å²) in [7, 11) is 3.74. The lowest BCUT2D eigenvalue weighted by Gasteiger charge is -2.46. The summed E-state index contributed by atoms with van der Waals surface area (Å²) in [5.74, 6) is 1.37. The molecule has 1 fully saturated rings. The van der Waals surface area contributed by atoms with Gasteiger partial charge in [-0.3, -0.25) is 0 Å². The molecule has 2 rings (SSSR count). The van der Waals surface area contributed by atoms with Crippen molar-refractivity contribution in [1.29, 1.82) is 0 Å². The van der Waals surface area contributed by atoms with Gasteiger partial charge in [0.25, 0.3) is 0 Å². The normalized spacial score (nSPS) is 25.0. The number of hydrogen-bond donors (Lipinski definition) is 0. The molecule has 1 aliphatic rings. The molecule has 2 nitrogen and oxygen atoms in total. The fraction of sp³-hybridized carbons (Fsp3) is 0.417. The fourth-order valence-corrected chi connectivity index (χ4v) is 2.40. The SMILES string of the molecule is COc1ccc([C@H]2[C@@H](C)C(=S)N2C)cc1. The van der Waals surface area contributed by atoms with Crippen LogP contribution in [-0.2, 0) is 0 Å². The zero-order chi connectivity index (χ0) is 11.0. The molecule has 1 aliphatic heterocycles. The molecule has 0 saturated carbocycles. The molecule has 1 aromatic carbocycles. The van der Waals surface area contributed by atoms with Crippen molar-refractivity contribution in [2.45, 2.75) is 13.0 Å². The van der Waals surface area contributed by atoms with Crippen molar-refractivity contribution >= 4 is 17.2 Å². The molecule has 0 amide bonds. The summed E-state index contributed by atoms with van der Waals surface area (Å²) in [4.78, 5) is 3.21. The summed E-state index contributed by atoms with van der Waals surface area (Å²) >= 11 is 5.26. The van der Waals surface area contributed by atoms with E-state index in [9.17, 15) is 0 Å². The number of rotatable bonds is 2. The second-order valence-electron chi connectivity index (χ2n) is 3.96. The Hall–Kier alpha value is -1.09. The molecular weight excluding hydrogens is 206 g/mol.